The molecule has 0 spiro atoms. The highest BCUT2D eigenvalue weighted by Crippen LogP contribution is 2.44. The number of rotatable bonds is 10. The molecule has 0 aromatic heterocycles. The van der Waals surface area contributed by atoms with Gasteiger partial charge in [0.25, 0.3) is 0 Å². The van der Waals surface area contributed by atoms with E-state index < -0.39 is 30.1 Å². The van der Waals surface area contributed by atoms with Crippen molar-refractivity contribution in [1.82, 2.24) is 10.6 Å². The fourth-order valence-corrected chi connectivity index (χ4v) is 4.00. The quantitative estimate of drug-likeness (QED) is 0.450. The second-order valence-electron chi connectivity index (χ2n) is 7.72. The Hall–Kier alpha value is -3.39. The summed E-state index contributed by atoms with van der Waals surface area (Å²) in [7, 11) is 0. The van der Waals surface area contributed by atoms with Crippen molar-refractivity contribution in [3.8, 4) is 11.1 Å². The second-order valence-corrected chi connectivity index (χ2v) is 7.72. The topological polar surface area (TPSA) is 125 Å². The number of hydrogen-bond acceptors (Lipinski definition) is 5. The Bertz CT molecular complexity index is 931. The molecule has 1 aliphatic carbocycles. The maximum Gasteiger partial charge on any atom is 0.407 e. The normalized spacial score (nSPS) is 14.1. The van der Waals surface area contributed by atoms with Crippen molar-refractivity contribution in [2.45, 2.75) is 44.2 Å². The SMILES string of the molecule is CCC[C@H](NC(=O)OCC1c2ccccc2-c2ccccc21)C(=O)NC(CCO)C(=O)O. The van der Waals surface area contributed by atoms with E-state index in [0.717, 1.165) is 22.3 Å². The van der Waals surface area contributed by atoms with Crippen LogP contribution in [0.3, 0.4) is 0 Å². The first-order valence-electron chi connectivity index (χ1n) is 10.7. The Morgan fingerprint density at radius 2 is 1.53 bits per heavy atom. The third-order valence-electron chi connectivity index (χ3n) is 5.56. The minimum Gasteiger partial charge on any atom is -0.480 e. The molecule has 0 aliphatic heterocycles. The van der Waals surface area contributed by atoms with Crippen molar-refractivity contribution in [2.75, 3.05) is 13.2 Å². The van der Waals surface area contributed by atoms with E-state index >= 15 is 0 Å². The Balaban J connectivity index is 1.64. The Morgan fingerprint density at radius 1 is 0.938 bits per heavy atom. The number of hydrogen-bond donors (Lipinski definition) is 4. The highest BCUT2D eigenvalue weighted by Gasteiger charge is 2.30. The standard InChI is InChI=1S/C24H28N2O6/c1-2-7-20(22(28)25-21(12-13-27)23(29)30)26-24(31)32-14-19-17-10-5-3-8-15(17)16-9-4-6-11-18(16)19/h3-6,8-11,19-21,27H,2,7,12-14H2,1H3,(H,25,28)(H,26,31)(H,29,30)/t20-,21?/m0/s1. The van der Waals surface area contributed by atoms with E-state index in [0.29, 0.717) is 12.8 Å². The lowest BCUT2D eigenvalue weighted by molar-refractivity contribution is -0.142. The lowest BCUT2D eigenvalue weighted by Crippen LogP contribution is -2.52. The number of carboxylic acids is 1. The number of fused-ring (bicyclic) bond motifs is 3. The minimum atomic E-state index is -1.25. The average molecular weight is 440 g/mol. The number of carboxylic acid groups (broad SMARTS) is 1. The number of carbonyl (C=O) groups excluding carboxylic acids is 2. The molecule has 0 fully saturated rings. The molecular weight excluding hydrogens is 412 g/mol. The van der Waals surface area contributed by atoms with Crippen LogP contribution in [0.4, 0.5) is 4.79 Å². The number of aliphatic hydroxyl groups is 1. The summed E-state index contributed by atoms with van der Waals surface area (Å²) in [6.07, 6.45) is 0.0562. The van der Waals surface area contributed by atoms with Crippen LogP contribution < -0.4 is 10.6 Å². The zero-order valence-electron chi connectivity index (χ0n) is 17.9. The molecule has 1 unspecified atom stereocenters. The van der Waals surface area contributed by atoms with Crippen LogP contribution in [0.25, 0.3) is 11.1 Å². The number of benzene rings is 2. The highest BCUT2D eigenvalue weighted by molar-refractivity contribution is 5.89. The molecule has 1 aliphatic rings. The molecule has 0 saturated heterocycles. The summed E-state index contributed by atoms with van der Waals surface area (Å²) >= 11 is 0. The van der Waals surface area contributed by atoms with Crippen LogP contribution >= 0.6 is 0 Å². The molecule has 4 N–H and O–H groups in total. The molecular formula is C24H28N2O6. The van der Waals surface area contributed by atoms with Crippen LogP contribution in [0.15, 0.2) is 48.5 Å². The molecule has 2 atom stereocenters. The number of amides is 2. The van der Waals surface area contributed by atoms with Crippen molar-refractivity contribution in [1.29, 1.82) is 0 Å². The average Bonchev–Trinajstić information content (AvgIpc) is 3.10. The summed E-state index contributed by atoms with van der Waals surface area (Å²) in [5.74, 6) is -1.97. The molecule has 8 heteroatoms. The lowest BCUT2D eigenvalue weighted by Gasteiger charge is -2.21. The van der Waals surface area contributed by atoms with Crippen LogP contribution in [0.1, 0.15) is 43.2 Å². The van der Waals surface area contributed by atoms with Gasteiger partial charge in [-0.2, -0.15) is 0 Å². The van der Waals surface area contributed by atoms with Crippen molar-refractivity contribution in [3.63, 3.8) is 0 Å². The third-order valence-corrected chi connectivity index (χ3v) is 5.56. The number of aliphatic carboxylic acids is 1. The van der Waals surface area contributed by atoms with Gasteiger partial charge in [-0.3, -0.25) is 4.79 Å². The van der Waals surface area contributed by atoms with Gasteiger partial charge < -0.3 is 25.6 Å². The van der Waals surface area contributed by atoms with Gasteiger partial charge in [-0.05, 0) is 28.7 Å². The zero-order valence-corrected chi connectivity index (χ0v) is 17.9. The van der Waals surface area contributed by atoms with Gasteiger partial charge in [0.05, 0.1) is 0 Å². The summed E-state index contributed by atoms with van der Waals surface area (Å²) in [4.78, 5) is 36.2. The van der Waals surface area contributed by atoms with Gasteiger partial charge in [-0.25, -0.2) is 9.59 Å². The smallest absolute Gasteiger partial charge is 0.407 e. The molecule has 170 valence electrons. The molecule has 32 heavy (non-hydrogen) atoms. The Labute approximate surface area is 186 Å². The minimum absolute atomic E-state index is 0.104. The van der Waals surface area contributed by atoms with E-state index in [4.69, 9.17) is 9.84 Å². The molecule has 2 aromatic rings. The van der Waals surface area contributed by atoms with Crippen molar-refractivity contribution in [2.24, 2.45) is 0 Å². The fourth-order valence-electron chi connectivity index (χ4n) is 4.00. The fraction of sp³-hybridized carbons (Fsp3) is 0.375. The Kier molecular flexibility index (Phi) is 7.83. The summed E-state index contributed by atoms with van der Waals surface area (Å²) in [6.45, 7) is 1.58. The van der Waals surface area contributed by atoms with E-state index in [-0.39, 0.29) is 25.6 Å². The van der Waals surface area contributed by atoms with E-state index in [2.05, 4.69) is 10.6 Å². The predicted octanol–water partition coefficient (Wildman–Crippen LogP) is 2.65. The summed E-state index contributed by atoms with van der Waals surface area (Å²) in [6, 6.07) is 13.8. The molecule has 0 radical (unpaired) electrons. The van der Waals surface area contributed by atoms with Crippen LogP contribution in [-0.4, -0.2) is 53.5 Å². The number of carbonyl (C=O) groups is 3. The van der Waals surface area contributed by atoms with Gasteiger partial charge in [0.15, 0.2) is 0 Å². The van der Waals surface area contributed by atoms with Crippen LogP contribution in [0.2, 0.25) is 0 Å². The zero-order chi connectivity index (χ0) is 23.1. The van der Waals surface area contributed by atoms with E-state index in [1.807, 2.05) is 55.5 Å². The predicted molar refractivity (Wildman–Crippen MR) is 118 cm³/mol. The van der Waals surface area contributed by atoms with Gasteiger partial charge in [-0.1, -0.05) is 61.9 Å². The number of nitrogens with one attached hydrogen (secondary N) is 2. The molecule has 2 amide bonds. The number of aliphatic hydroxyl groups excluding tert-OH is 1. The van der Waals surface area contributed by atoms with Crippen LogP contribution in [0, 0.1) is 0 Å². The van der Waals surface area contributed by atoms with Crippen LogP contribution in [0.5, 0.6) is 0 Å². The monoisotopic (exact) mass is 440 g/mol. The molecule has 2 aromatic carbocycles. The first-order chi connectivity index (χ1) is 15.5. The molecule has 0 saturated carbocycles. The van der Waals surface area contributed by atoms with Crippen molar-refractivity contribution >= 4 is 18.0 Å². The number of alkyl carbamates (subject to hydrolysis) is 1. The molecule has 0 heterocycles. The first-order valence-corrected chi connectivity index (χ1v) is 10.7. The highest BCUT2D eigenvalue weighted by atomic mass is 16.5. The Morgan fingerprint density at radius 3 is 2.06 bits per heavy atom. The molecule has 8 nitrogen and oxygen atoms in total. The maximum absolute atomic E-state index is 12.5. The van der Waals surface area contributed by atoms with E-state index in [1.54, 1.807) is 0 Å². The summed E-state index contributed by atoms with van der Waals surface area (Å²) < 4.78 is 5.48. The summed E-state index contributed by atoms with van der Waals surface area (Å²) in [5.41, 5.74) is 4.39. The lowest BCUT2D eigenvalue weighted by atomic mass is 9.98. The van der Waals surface area contributed by atoms with E-state index in [1.165, 1.54) is 0 Å². The van der Waals surface area contributed by atoms with Crippen molar-refractivity contribution in [3.05, 3.63) is 59.7 Å². The first kappa shape index (κ1) is 23.3. The van der Waals surface area contributed by atoms with Gasteiger partial charge in [0.1, 0.15) is 18.7 Å². The van der Waals surface area contributed by atoms with Gasteiger partial charge >= 0.3 is 12.1 Å². The van der Waals surface area contributed by atoms with Gasteiger partial charge in [-0.15, -0.1) is 0 Å². The van der Waals surface area contributed by atoms with Gasteiger partial charge in [0, 0.05) is 18.9 Å². The number of ether oxygens (including phenoxy) is 1. The summed E-state index contributed by atoms with van der Waals surface area (Å²) in [5, 5.41) is 23.1. The van der Waals surface area contributed by atoms with E-state index in [9.17, 15) is 19.5 Å². The maximum atomic E-state index is 12.5. The molecule has 0 bridgehead atoms. The van der Waals surface area contributed by atoms with Crippen molar-refractivity contribution < 1.29 is 29.3 Å². The van der Waals surface area contributed by atoms with Crippen LogP contribution in [-0.2, 0) is 14.3 Å². The van der Waals surface area contributed by atoms with Gasteiger partial charge in [0.2, 0.25) is 5.91 Å². The third kappa shape index (κ3) is 5.26. The molecule has 3 rings (SSSR count). The second kappa shape index (κ2) is 10.8. The largest absolute Gasteiger partial charge is 0.480 e.